The van der Waals surface area contributed by atoms with Gasteiger partial charge in [0, 0.05) is 11.7 Å². The Balaban J connectivity index is 1.66. The Morgan fingerprint density at radius 2 is 1.92 bits per heavy atom. The van der Waals surface area contributed by atoms with Gasteiger partial charge < -0.3 is 5.32 Å². The molecule has 0 spiro atoms. The molecule has 1 aliphatic carbocycles. The number of hydrogen-bond acceptors (Lipinski definition) is 3. The van der Waals surface area contributed by atoms with Crippen LogP contribution >= 0.6 is 0 Å². The fourth-order valence-corrected chi connectivity index (χ4v) is 2.97. The second-order valence-electron chi connectivity index (χ2n) is 6.80. The van der Waals surface area contributed by atoms with Crippen LogP contribution < -0.4 is 10.6 Å². The van der Waals surface area contributed by atoms with Crippen molar-refractivity contribution in [2.45, 2.75) is 38.8 Å². The molecule has 2 atom stereocenters. The summed E-state index contributed by atoms with van der Waals surface area (Å²) < 4.78 is 0. The minimum atomic E-state index is -0.322. The van der Waals surface area contributed by atoms with E-state index in [2.05, 4.69) is 47.9 Å². The zero-order chi connectivity index (χ0) is 17.8. The van der Waals surface area contributed by atoms with Crippen LogP contribution in [0.2, 0.25) is 0 Å². The van der Waals surface area contributed by atoms with Gasteiger partial charge in [-0.15, -0.1) is 0 Å². The normalized spacial score (nSPS) is 15.9. The Kier molecular flexibility index (Phi) is 5.16. The van der Waals surface area contributed by atoms with Gasteiger partial charge in [0.25, 0.3) is 0 Å². The summed E-state index contributed by atoms with van der Waals surface area (Å²) in [7, 11) is 0. The highest BCUT2D eigenvalue weighted by molar-refractivity contribution is 5.94. The SMILES string of the molecule is Cc1ccc([C@@H](N[C@@H](C)C(=O)Nc2cccc(C#N)c2)C2CC2)cc1. The number of nitrogens with one attached hydrogen (secondary N) is 2. The van der Waals surface area contributed by atoms with Crippen LogP contribution in [0.15, 0.2) is 48.5 Å². The predicted molar refractivity (Wildman–Crippen MR) is 99.0 cm³/mol. The molecule has 2 aromatic carbocycles. The Morgan fingerprint density at radius 3 is 2.56 bits per heavy atom. The fourth-order valence-electron chi connectivity index (χ4n) is 2.97. The second kappa shape index (κ2) is 7.50. The number of aryl methyl sites for hydroxylation is 1. The third-order valence-corrected chi connectivity index (χ3v) is 4.61. The fraction of sp³-hybridized carbons (Fsp3) is 0.333. The first-order valence-electron chi connectivity index (χ1n) is 8.70. The van der Waals surface area contributed by atoms with Gasteiger partial charge in [0.15, 0.2) is 0 Å². The minimum Gasteiger partial charge on any atom is -0.325 e. The van der Waals surface area contributed by atoms with Crippen LogP contribution in [0, 0.1) is 24.2 Å². The van der Waals surface area contributed by atoms with Crippen molar-refractivity contribution in [1.82, 2.24) is 5.32 Å². The van der Waals surface area contributed by atoms with Crippen molar-refractivity contribution in [1.29, 1.82) is 5.26 Å². The average molecular weight is 333 g/mol. The second-order valence-corrected chi connectivity index (χ2v) is 6.80. The van der Waals surface area contributed by atoms with E-state index in [0.717, 1.165) is 0 Å². The number of carbonyl (C=O) groups is 1. The number of nitriles is 1. The van der Waals surface area contributed by atoms with Crippen LogP contribution in [-0.4, -0.2) is 11.9 Å². The van der Waals surface area contributed by atoms with E-state index in [-0.39, 0.29) is 18.0 Å². The summed E-state index contributed by atoms with van der Waals surface area (Å²) in [4.78, 5) is 12.5. The molecule has 0 heterocycles. The van der Waals surface area contributed by atoms with E-state index < -0.39 is 0 Å². The van der Waals surface area contributed by atoms with Gasteiger partial charge in [0.1, 0.15) is 0 Å². The highest BCUT2D eigenvalue weighted by atomic mass is 16.2. The largest absolute Gasteiger partial charge is 0.325 e. The molecule has 4 heteroatoms. The van der Waals surface area contributed by atoms with Gasteiger partial charge in [-0.25, -0.2) is 0 Å². The van der Waals surface area contributed by atoms with Gasteiger partial charge in [-0.05, 0) is 56.4 Å². The summed E-state index contributed by atoms with van der Waals surface area (Å²) >= 11 is 0. The number of rotatable bonds is 6. The highest BCUT2D eigenvalue weighted by Gasteiger charge is 2.34. The molecule has 0 radical (unpaired) electrons. The maximum Gasteiger partial charge on any atom is 0.241 e. The molecule has 0 saturated heterocycles. The smallest absolute Gasteiger partial charge is 0.241 e. The molecule has 2 aromatic rings. The molecule has 0 unspecified atom stereocenters. The number of nitrogens with zero attached hydrogens (tertiary/aromatic N) is 1. The topological polar surface area (TPSA) is 64.9 Å². The van der Waals surface area contributed by atoms with Crippen LogP contribution in [0.4, 0.5) is 5.69 Å². The molecule has 4 nitrogen and oxygen atoms in total. The predicted octanol–water partition coefficient (Wildman–Crippen LogP) is 3.93. The number of hydrogen-bond donors (Lipinski definition) is 2. The summed E-state index contributed by atoms with van der Waals surface area (Å²) in [6.07, 6.45) is 2.40. The Morgan fingerprint density at radius 1 is 1.20 bits per heavy atom. The molecule has 2 N–H and O–H groups in total. The zero-order valence-corrected chi connectivity index (χ0v) is 14.6. The van der Waals surface area contributed by atoms with E-state index in [9.17, 15) is 4.79 Å². The zero-order valence-electron chi connectivity index (χ0n) is 14.6. The van der Waals surface area contributed by atoms with Crippen molar-refractivity contribution in [3.05, 3.63) is 65.2 Å². The number of carbonyl (C=O) groups excluding carboxylic acids is 1. The number of amides is 1. The molecule has 1 amide bonds. The molecule has 1 fully saturated rings. The molecule has 128 valence electrons. The van der Waals surface area contributed by atoms with Crippen molar-refractivity contribution in [3.63, 3.8) is 0 Å². The number of anilines is 1. The third-order valence-electron chi connectivity index (χ3n) is 4.61. The number of benzene rings is 2. The summed E-state index contributed by atoms with van der Waals surface area (Å²) in [5, 5.41) is 15.3. The Bertz CT molecular complexity index is 788. The average Bonchev–Trinajstić information content (AvgIpc) is 3.45. The highest BCUT2D eigenvalue weighted by Crippen LogP contribution is 2.41. The quantitative estimate of drug-likeness (QED) is 0.841. The van der Waals surface area contributed by atoms with Crippen molar-refractivity contribution < 1.29 is 4.79 Å². The molecule has 1 saturated carbocycles. The Hall–Kier alpha value is -2.64. The van der Waals surface area contributed by atoms with E-state index >= 15 is 0 Å². The standard InChI is InChI=1S/C21H23N3O/c1-14-6-8-17(9-7-14)20(18-10-11-18)23-15(2)21(25)24-19-5-3-4-16(12-19)13-22/h3-9,12,15,18,20,23H,10-11H2,1-2H3,(H,24,25)/t15-,20+/m0/s1. The van der Waals surface area contributed by atoms with Gasteiger partial charge in [0.2, 0.25) is 5.91 Å². The third kappa shape index (κ3) is 4.46. The summed E-state index contributed by atoms with van der Waals surface area (Å²) in [5.41, 5.74) is 3.66. The maximum atomic E-state index is 12.5. The minimum absolute atomic E-state index is 0.0900. The summed E-state index contributed by atoms with van der Waals surface area (Å²) in [6, 6.07) is 17.5. The lowest BCUT2D eigenvalue weighted by atomic mass is 10.00. The van der Waals surface area contributed by atoms with E-state index in [4.69, 9.17) is 5.26 Å². The molecule has 3 rings (SSSR count). The summed E-state index contributed by atoms with van der Waals surface area (Å²) in [6.45, 7) is 3.96. The van der Waals surface area contributed by atoms with Gasteiger partial charge in [0.05, 0.1) is 17.7 Å². The molecular weight excluding hydrogens is 310 g/mol. The van der Waals surface area contributed by atoms with Gasteiger partial charge in [-0.1, -0.05) is 35.9 Å². The van der Waals surface area contributed by atoms with E-state index in [1.807, 2.05) is 6.92 Å². The van der Waals surface area contributed by atoms with E-state index in [1.54, 1.807) is 24.3 Å². The molecular formula is C21H23N3O. The van der Waals surface area contributed by atoms with Gasteiger partial charge in [-0.2, -0.15) is 5.26 Å². The van der Waals surface area contributed by atoms with Crippen LogP contribution in [0.1, 0.15) is 42.5 Å². The first-order chi connectivity index (χ1) is 12.1. The first kappa shape index (κ1) is 17.2. The first-order valence-corrected chi connectivity index (χ1v) is 8.70. The van der Waals surface area contributed by atoms with Crippen molar-refractivity contribution >= 4 is 11.6 Å². The van der Waals surface area contributed by atoms with Gasteiger partial charge >= 0.3 is 0 Å². The Labute approximate surface area is 148 Å². The monoisotopic (exact) mass is 333 g/mol. The van der Waals surface area contributed by atoms with E-state index in [0.29, 0.717) is 17.2 Å². The van der Waals surface area contributed by atoms with Crippen molar-refractivity contribution in [2.75, 3.05) is 5.32 Å². The molecule has 0 bridgehead atoms. The van der Waals surface area contributed by atoms with Crippen molar-refractivity contribution in [3.8, 4) is 6.07 Å². The summed E-state index contributed by atoms with van der Waals surface area (Å²) in [5.74, 6) is 0.507. The van der Waals surface area contributed by atoms with Crippen LogP contribution in [0.5, 0.6) is 0 Å². The molecule has 25 heavy (non-hydrogen) atoms. The maximum absolute atomic E-state index is 12.5. The van der Waals surface area contributed by atoms with Gasteiger partial charge in [-0.3, -0.25) is 10.1 Å². The van der Waals surface area contributed by atoms with Crippen LogP contribution in [0.25, 0.3) is 0 Å². The lowest BCUT2D eigenvalue weighted by molar-refractivity contribution is -0.118. The lowest BCUT2D eigenvalue weighted by Crippen LogP contribution is -2.40. The van der Waals surface area contributed by atoms with Crippen molar-refractivity contribution in [2.24, 2.45) is 5.92 Å². The van der Waals surface area contributed by atoms with Crippen LogP contribution in [-0.2, 0) is 4.79 Å². The molecule has 0 aliphatic heterocycles. The van der Waals surface area contributed by atoms with E-state index in [1.165, 1.54) is 24.0 Å². The molecule has 1 aliphatic rings. The molecule has 0 aromatic heterocycles. The lowest BCUT2D eigenvalue weighted by Gasteiger charge is -2.23. The van der Waals surface area contributed by atoms with Crippen LogP contribution in [0.3, 0.4) is 0 Å².